The zero-order valence-electron chi connectivity index (χ0n) is 12.9. The molecule has 0 atom stereocenters. The summed E-state index contributed by atoms with van der Waals surface area (Å²) in [4.78, 5) is 17.5. The minimum Gasteiger partial charge on any atom is -0.351 e. The van der Waals surface area contributed by atoms with Gasteiger partial charge >= 0.3 is 0 Å². The molecular weight excluding hydrogens is 314 g/mol. The third kappa shape index (κ3) is 5.44. The Kier molecular flexibility index (Phi) is 6.89. The lowest BCUT2D eigenvalue weighted by molar-refractivity contribution is 0.0954. The number of thiazole rings is 1. The molecule has 0 aliphatic rings. The molecule has 2 N–H and O–H groups in total. The lowest BCUT2D eigenvalue weighted by Gasteiger charge is -2.06. The van der Waals surface area contributed by atoms with Gasteiger partial charge in [0.2, 0.25) is 0 Å². The van der Waals surface area contributed by atoms with Crippen LogP contribution in [0.5, 0.6) is 0 Å². The second-order valence-electron chi connectivity index (χ2n) is 4.78. The number of nitrogens with one attached hydrogen (secondary N) is 2. The summed E-state index contributed by atoms with van der Waals surface area (Å²) in [5, 5.41) is 9.26. The summed E-state index contributed by atoms with van der Waals surface area (Å²) >= 11 is 3.41. The van der Waals surface area contributed by atoms with E-state index in [0.29, 0.717) is 12.1 Å². The third-order valence-corrected chi connectivity index (χ3v) is 4.88. The number of rotatable bonds is 8. The summed E-state index contributed by atoms with van der Waals surface area (Å²) in [5.74, 6) is 0.836. The molecule has 2 rings (SSSR count). The molecule has 0 unspecified atom stereocenters. The number of aryl methyl sites for hydroxylation is 1. The monoisotopic (exact) mass is 335 g/mol. The molecule has 22 heavy (non-hydrogen) atoms. The average molecular weight is 335 g/mol. The first kappa shape index (κ1) is 17.0. The van der Waals surface area contributed by atoms with Crippen LogP contribution in [0.25, 0.3) is 0 Å². The Hall–Kier alpha value is -1.37. The molecule has 2 aromatic rings. The van der Waals surface area contributed by atoms with Gasteiger partial charge in [0.15, 0.2) is 0 Å². The van der Waals surface area contributed by atoms with Gasteiger partial charge in [0, 0.05) is 34.7 Å². The second-order valence-corrected chi connectivity index (χ2v) is 6.89. The molecule has 1 amide bonds. The molecule has 0 bridgehead atoms. The summed E-state index contributed by atoms with van der Waals surface area (Å²) in [5.41, 5.74) is 1.81. The van der Waals surface area contributed by atoms with Crippen LogP contribution >= 0.6 is 23.1 Å². The zero-order chi connectivity index (χ0) is 15.8. The molecule has 118 valence electrons. The van der Waals surface area contributed by atoms with E-state index < -0.39 is 0 Å². The van der Waals surface area contributed by atoms with Crippen LogP contribution in [-0.2, 0) is 5.75 Å². The predicted octanol–water partition coefficient (Wildman–Crippen LogP) is 3.08. The zero-order valence-corrected chi connectivity index (χ0v) is 14.5. The molecule has 4 nitrogen and oxygen atoms in total. The number of hydrogen-bond acceptors (Lipinski definition) is 5. The van der Waals surface area contributed by atoms with E-state index in [1.54, 1.807) is 23.1 Å². The van der Waals surface area contributed by atoms with Gasteiger partial charge in [-0.15, -0.1) is 23.1 Å². The number of benzene rings is 1. The van der Waals surface area contributed by atoms with Crippen molar-refractivity contribution in [1.29, 1.82) is 0 Å². The standard InChI is InChI=1S/C16H21N3OS2/c1-3-17-8-9-18-16(20)13-4-6-15(7-5-13)22-11-14-10-21-12(2)19-14/h4-7,10,17H,3,8-9,11H2,1-2H3,(H,18,20). The maximum absolute atomic E-state index is 11.9. The second kappa shape index (κ2) is 8.92. The predicted molar refractivity (Wildman–Crippen MR) is 93.7 cm³/mol. The number of carbonyl (C=O) groups is 1. The van der Waals surface area contributed by atoms with Crippen molar-refractivity contribution in [2.75, 3.05) is 19.6 Å². The maximum Gasteiger partial charge on any atom is 0.251 e. The van der Waals surface area contributed by atoms with E-state index in [2.05, 4.69) is 21.0 Å². The van der Waals surface area contributed by atoms with E-state index in [1.807, 2.05) is 38.1 Å². The van der Waals surface area contributed by atoms with Crippen LogP contribution in [0, 0.1) is 6.92 Å². The van der Waals surface area contributed by atoms with E-state index in [-0.39, 0.29) is 5.91 Å². The van der Waals surface area contributed by atoms with Gasteiger partial charge in [-0.05, 0) is 37.7 Å². The van der Waals surface area contributed by atoms with Crippen molar-refractivity contribution in [3.63, 3.8) is 0 Å². The van der Waals surface area contributed by atoms with Gasteiger partial charge in [-0.2, -0.15) is 0 Å². The highest BCUT2D eigenvalue weighted by Crippen LogP contribution is 2.23. The van der Waals surface area contributed by atoms with Gasteiger partial charge < -0.3 is 10.6 Å². The highest BCUT2D eigenvalue weighted by molar-refractivity contribution is 7.98. The van der Waals surface area contributed by atoms with Crippen molar-refractivity contribution in [2.45, 2.75) is 24.5 Å². The number of carbonyl (C=O) groups excluding carboxylic acids is 1. The van der Waals surface area contributed by atoms with E-state index >= 15 is 0 Å². The molecule has 0 saturated heterocycles. The minimum absolute atomic E-state index is 0.0235. The molecule has 1 aromatic carbocycles. The Morgan fingerprint density at radius 3 is 2.68 bits per heavy atom. The van der Waals surface area contributed by atoms with Crippen LogP contribution in [0.3, 0.4) is 0 Å². The summed E-state index contributed by atoms with van der Waals surface area (Å²) in [7, 11) is 0. The number of thioether (sulfide) groups is 1. The SMILES string of the molecule is CCNCCNC(=O)c1ccc(SCc2csc(C)n2)cc1. The summed E-state index contributed by atoms with van der Waals surface area (Å²) in [6, 6.07) is 7.72. The number of aromatic nitrogens is 1. The van der Waals surface area contributed by atoms with Crippen molar-refractivity contribution < 1.29 is 4.79 Å². The Morgan fingerprint density at radius 2 is 2.05 bits per heavy atom. The Balaban J connectivity index is 1.80. The van der Waals surface area contributed by atoms with E-state index in [9.17, 15) is 4.79 Å². The molecule has 0 fully saturated rings. The van der Waals surface area contributed by atoms with Crippen LogP contribution in [0.2, 0.25) is 0 Å². The van der Waals surface area contributed by atoms with Gasteiger partial charge in [-0.1, -0.05) is 6.92 Å². The third-order valence-electron chi connectivity index (χ3n) is 3.01. The van der Waals surface area contributed by atoms with Crippen molar-refractivity contribution in [2.24, 2.45) is 0 Å². The van der Waals surface area contributed by atoms with Crippen LogP contribution in [0.1, 0.15) is 28.0 Å². The fraction of sp³-hybridized carbons (Fsp3) is 0.375. The van der Waals surface area contributed by atoms with E-state index in [4.69, 9.17) is 0 Å². The molecular formula is C16H21N3OS2. The quantitative estimate of drug-likeness (QED) is 0.575. The highest BCUT2D eigenvalue weighted by Gasteiger charge is 2.05. The molecule has 0 radical (unpaired) electrons. The number of amides is 1. The molecule has 6 heteroatoms. The Morgan fingerprint density at radius 1 is 1.27 bits per heavy atom. The molecule has 1 aromatic heterocycles. The summed E-state index contributed by atoms with van der Waals surface area (Å²) in [6.45, 7) is 6.42. The van der Waals surface area contributed by atoms with Crippen LogP contribution < -0.4 is 10.6 Å². The molecule has 0 saturated carbocycles. The van der Waals surface area contributed by atoms with Crippen LogP contribution in [0.15, 0.2) is 34.5 Å². The largest absolute Gasteiger partial charge is 0.351 e. The first-order chi connectivity index (χ1) is 10.7. The molecule has 0 aliphatic carbocycles. The smallest absolute Gasteiger partial charge is 0.251 e. The first-order valence-electron chi connectivity index (χ1n) is 7.32. The van der Waals surface area contributed by atoms with Crippen LogP contribution in [-0.4, -0.2) is 30.5 Å². The van der Waals surface area contributed by atoms with Crippen molar-refractivity contribution in [3.8, 4) is 0 Å². The molecule has 0 aliphatic heterocycles. The fourth-order valence-corrected chi connectivity index (χ4v) is 3.39. The highest BCUT2D eigenvalue weighted by atomic mass is 32.2. The molecule has 0 spiro atoms. The van der Waals surface area contributed by atoms with Gasteiger partial charge in [0.25, 0.3) is 5.91 Å². The van der Waals surface area contributed by atoms with E-state index in [1.165, 1.54) is 0 Å². The minimum atomic E-state index is -0.0235. The van der Waals surface area contributed by atoms with Gasteiger partial charge in [-0.25, -0.2) is 4.98 Å². The topological polar surface area (TPSA) is 54.0 Å². The fourth-order valence-electron chi connectivity index (χ4n) is 1.88. The molecule has 1 heterocycles. The number of hydrogen-bond donors (Lipinski definition) is 2. The lowest BCUT2D eigenvalue weighted by atomic mass is 10.2. The normalized spacial score (nSPS) is 10.6. The Labute approximate surface area is 139 Å². The van der Waals surface area contributed by atoms with Gasteiger partial charge in [0.1, 0.15) is 0 Å². The summed E-state index contributed by atoms with van der Waals surface area (Å²) in [6.07, 6.45) is 0. The van der Waals surface area contributed by atoms with Gasteiger partial charge in [0.05, 0.1) is 10.7 Å². The Bertz CT molecular complexity index is 596. The lowest BCUT2D eigenvalue weighted by Crippen LogP contribution is -2.31. The van der Waals surface area contributed by atoms with Gasteiger partial charge in [-0.3, -0.25) is 4.79 Å². The van der Waals surface area contributed by atoms with E-state index in [0.717, 1.165) is 34.4 Å². The van der Waals surface area contributed by atoms with Crippen molar-refractivity contribution in [3.05, 3.63) is 45.9 Å². The number of likely N-dealkylation sites (N-methyl/N-ethyl adjacent to an activating group) is 1. The number of nitrogens with zero attached hydrogens (tertiary/aromatic N) is 1. The maximum atomic E-state index is 11.9. The van der Waals surface area contributed by atoms with Crippen molar-refractivity contribution in [1.82, 2.24) is 15.6 Å². The van der Waals surface area contributed by atoms with Crippen molar-refractivity contribution >= 4 is 29.0 Å². The van der Waals surface area contributed by atoms with Crippen LogP contribution in [0.4, 0.5) is 0 Å². The first-order valence-corrected chi connectivity index (χ1v) is 9.18. The summed E-state index contributed by atoms with van der Waals surface area (Å²) < 4.78 is 0. The average Bonchev–Trinajstić information content (AvgIpc) is 2.95.